The monoisotopic (exact) mass is 429 g/mol. The van der Waals surface area contributed by atoms with Crippen LogP contribution in [-0.4, -0.2) is 23.0 Å². The first-order valence-corrected chi connectivity index (χ1v) is 11.2. The molecule has 0 N–H and O–H groups in total. The van der Waals surface area contributed by atoms with Gasteiger partial charge in [0.15, 0.2) is 0 Å². The molecular formula is C28H31NO3. The lowest BCUT2D eigenvalue weighted by atomic mass is 9.89. The Kier molecular flexibility index (Phi) is 6.61. The molecule has 0 amide bonds. The third kappa shape index (κ3) is 5.77. The van der Waals surface area contributed by atoms with E-state index in [1.54, 1.807) is 0 Å². The van der Waals surface area contributed by atoms with Crippen LogP contribution >= 0.6 is 0 Å². The Morgan fingerprint density at radius 3 is 2.25 bits per heavy atom. The average molecular weight is 430 g/mol. The summed E-state index contributed by atoms with van der Waals surface area (Å²) in [5.74, 6) is 0.330. The second-order valence-electron chi connectivity index (χ2n) is 9.38. The van der Waals surface area contributed by atoms with Gasteiger partial charge in [-0.2, -0.15) is 0 Å². The lowest BCUT2D eigenvalue weighted by molar-refractivity contribution is -0.157. The van der Waals surface area contributed by atoms with Crippen LogP contribution in [0.15, 0.2) is 78.9 Å². The van der Waals surface area contributed by atoms with Crippen LogP contribution in [-0.2, 0) is 29.2 Å². The Labute approximate surface area is 190 Å². The maximum atomic E-state index is 13.1. The number of carbonyl (C=O) groups is 1. The molecule has 166 valence electrons. The van der Waals surface area contributed by atoms with Gasteiger partial charge < -0.3 is 9.47 Å². The van der Waals surface area contributed by atoms with Crippen molar-refractivity contribution in [2.24, 2.45) is 0 Å². The minimum atomic E-state index is -0.516. The van der Waals surface area contributed by atoms with Gasteiger partial charge in [0.25, 0.3) is 0 Å². The van der Waals surface area contributed by atoms with Crippen LogP contribution in [0.2, 0.25) is 0 Å². The summed E-state index contributed by atoms with van der Waals surface area (Å²) in [6, 6.07) is 26.6. The van der Waals surface area contributed by atoms with Gasteiger partial charge >= 0.3 is 5.97 Å². The number of rotatable bonds is 6. The van der Waals surface area contributed by atoms with E-state index in [-0.39, 0.29) is 11.9 Å². The third-order valence-electron chi connectivity index (χ3n) is 5.51. The second-order valence-corrected chi connectivity index (χ2v) is 9.38. The second kappa shape index (κ2) is 9.58. The lowest BCUT2D eigenvalue weighted by Crippen LogP contribution is -2.39. The summed E-state index contributed by atoms with van der Waals surface area (Å²) in [5, 5.41) is 0. The van der Waals surface area contributed by atoms with Crippen LogP contribution in [0, 0.1) is 0 Å². The van der Waals surface area contributed by atoms with Crippen LogP contribution in [0.1, 0.15) is 48.9 Å². The molecule has 1 aliphatic rings. The van der Waals surface area contributed by atoms with Gasteiger partial charge in [-0.15, -0.1) is 0 Å². The minimum Gasteiger partial charge on any atom is -0.489 e. The molecular weight excluding hydrogens is 398 g/mol. The highest BCUT2D eigenvalue weighted by Crippen LogP contribution is 2.34. The number of benzene rings is 3. The molecule has 0 spiro atoms. The number of esters is 1. The number of carbonyl (C=O) groups excluding carboxylic acids is 1. The van der Waals surface area contributed by atoms with Crippen molar-refractivity contribution < 1.29 is 14.3 Å². The third-order valence-corrected chi connectivity index (χ3v) is 5.51. The zero-order valence-corrected chi connectivity index (χ0v) is 19.1. The van der Waals surface area contributed by atoms with Crippen molar-refractivity contribution in [1.82, 2.24) is 4.90 Å². The van der Waals surface area contributed by atoms with E-state index in [1.165, 1.54) is 5.56 Å². The van der Waals surface area contributed by atoms with Crippen molar-refractivity contribution in [1.29, 1.82) is 0 Å². The molecule has 1 heterocycles. The van der Waals surface area contributed by atoms with Gasteiger partial charge in [-0.05, 0) is 55.2 Å². The first-order chi connectivity index (χ1) is 15.4. The Bertz CT molecular complexity index is 1040. The molecule has 4 nitrogen and oxygen atoms in total. The summed E-state index contributed by atoms with van der Waals surface area (Å²) >= 11 is 0. The molecule has 3 aromatic rings. The van der Waals surface area contributed by atoms with E-state index < -0.39 is 5.60 Å². The summed E-state index contributed by atoms with van der Waals surface area (Å²) in [7, 11) is 0. The number of hydrogen-bond acceptors (Lipinski definition) is 4. The molecule has 3 aromatic carbocycles. The Morgan fingerprint density at radius 2 is 1.59 bits per heavy atom. The average Bonchev–Trinajstić information content (AvgIpc) is 2.77. The van der Waals surface area contributed by atoms with Crippen molar-refractivity contribution in [2.45, 2.75) is 52.0 Å². The number of nitrogens with zero attached hydrogens (tertiary/aromatic N) is 1. The quantitative estimate of drug-likeness (QED) is 0.471. The molecule has 0 aliphatic carbocycles. The van der Waals surface area contributed by atoms with E-state index in [2.05, 4.69) is 35.2 Å². The summed E-state index contributed by atoms with van der Waals surface area (Å²) in [6.07, 6.45) is 0. The van der Waals surface area contributed by atoms with E-state index >= 15 is 0 Å². The van der Waals surface area contributed by atoms with Crippen LogP contribution in [0.5, 0.6) is 5.75 Å². The molecule has 4 heteroatoms. The number of hydrogen-bond donors (Lipinski definition) is 0. The Balaban J connectivity index is 1.57. The smallest absolute Gasteiger partial charge is 0.315 e. The maximum Gasteiger partial charge on any atom is 0.315 e. The van der Waals surface area contributed by atoms with Crippen LogP contribution in [0.25, 0.3) is 0 Å². The van der Waals surface area contributed by atoms with Crippen molar-refractivity contribution in [2.75, 3.05) is 6.54 Å². The molecule has 0 radical (unpaired) electrons. The van der Waals surface area contributed by atoms with E-state index in [1.807, 2.05) is 69.3 Å². The molecule has 1 aliphatic heterocycles. The Hall–Kier alpha value is -3.11. The fourth-order valence-electron chi connectivity index (χ4n) is 4.09. The summed E-state index contributed by atoms with van der Waals surface area (Å²) < 4.78 is 11.8. The molecule has 0 saturated carbocycles. The zero-order valence-electron chi connectivity index (χ0n) is 19.1. The van der Waals surface area contributed by atoms with Crippen molar-refractivity contribution in [3.63, 3.8) is 0 Å². The normalized spacial score (nSPS) is 16.3. The number of ether oxygens (including phenoxy) is 2. The summed E-state index contributed by atoms with van der Waals surface area (Å²) in [5.41, 5.74) is 4.00. The summed E-state index contributed by atoms with van der Waals surface area (Å²) in [6.45, 7) is 8.45. The topological polar surface area (TPSA) is 38.8 Å². The predicted molar refractivity (Wildman–Crippen MR) is 126 cm³/mol. The molecule has 1 atom stereocenters. The zero-order chi connectivity index (χ0) is 22.6. The largest absolute Gasteiger partial charge is 0.489 e. The van der Waals surface area contributed by atoms with Gasteiger partial charge in [0.1, 0.15) is 18.0 Å². The minimum absolute atomic E-state index is 0.172. The van der Waals surface area contributed by atoms with Crippen molar-refractivity contribution in [3.05, 3.63) is 101 Å². The standard InChI is InChI=1S/C28H31NO3/c1-28(2,3)32-27(30)26-19-29(17-21-10-6-4-7-11-21)18-23-16-24(14-15-25(23)26)31-20-22-12-8-5-9-13-22/h4-16,26H,17-20H2,1-3H3. The van der Waals surface area contributed by atoms with Crippen LogP contribution < -0.4 is 4.74 Å². The highest BCUT2D eigenvalue weighted by molar-refractivity contribution is 5.80. The van der Waals surface area contributed by atoms with Gasteiger partial charge in [-0.3, -0.25) is 9.69 Å². The molecule has 0 bridgehead atoms. The fourth-order valence-corrected chi connectivity index (χ4v) is 4.09. The van der Waals surface area contributed by atoms with Gasteiger partial charge in [-0.25, -0.2) is 0 Å². The first kappa shape index (κ1) is 22.1. The molecule has 0 saturated heterocycles. The first-order valence-electron chi connectivity index (χ1n) is 11.2. The summed E-state index contributed by atoms with van der Waals surface area (Å²) in [4.78, 5) is 15.4. The molecule has 0 fully saturated rings. The maximum absolute atomic E-state index is 13.1. The van der Waals surface area contributed by atoms with E-state index in [4.69, 9.17) is 9.47 Å². The molecule has 1 unspecified atom stereocenters. The van der Waals surface area contributed by atoms with Crippen molar-refractivity contribution >= 4 is 5.97 Å². The van der Waals surface area contributed by atoms with Crippen LogP contribution in [0.4, 0.5) is 0 Å². The highest BCUT2D eigenvalue weighted by Gasteiger charge is 2.34. The van der Waals surface area contributed by atoms with Gasteiger partial charge in [0, 0.05) is 19.6 Å². The fraction of sp³-hybridized carbons (Fsp3) is 0.321. The lowest BCUT2D eigenvalue weighted by Gasteiger charge is -2.35. The molecule has 4 rings (SSSR count). The molecule has 0 aromatic heterocycles. The van der Waals surface area contributed by atoms with Gasteiger partial charge in [0.05, 0.1) is 5.92 Å². The van der Waals surface area contributed by atoms with E-state index in [0.29, 0.717) is 13.2 Å². The Morgan fingerprint density at radius 1 is 0.938 bits per heavy atom. The SMILES string of the molecule is CC(C)(C)OC(=O)C1CN(Cc2ccccc2)Cc2cc(OCc3ccccc3)ccc21. The number of fused-ring (bicyclic) bond motifs is 1. The highest BCUT2D eigenvalue weighted by atomic mass is 16.6. The van der Waals surface area contributed by atoms with Crippen molar-refractivity contribution in [3.8, 4) is 5.75 Å². The van der Waals surface area contributed by atoms with E-state index in [9.17, 15) is 4.79 Å². The molecule has 32 heavy (non-hydrogen) atoms. The van der Waals surface area contributed by atoms with E-state index in [0.717, 1.165) is 35.5 Å². The van der Waals surface area contributed by atoms with Gasteiger partial charge in [0.2, 0.25) is 0 Å². The van der Waals surface area contributed by atoms with Gasteiger partial charge in [-0.1, -0.05) is 66.7 Å². The predicted octanol–water partition coefficient (Wildman–Crippen LogP) is 5.71. The van der Waals surface area contributed by atoms with Crippen LogP contribution in [0.3, 0.4) is 0 Å².